The standard InChI is InChI=1S/C24H31NO3/c1-4-25(22-12-8-9-18(2)17-22)19(3)27-24(26)28-23-15-13-21(14-16-23)20-10-6-5-7-11-20/h8-9,12-17,19-20H,4-7,10-11H2,1-3H3. The molecule has 0 saturated heterocycles. The van der Waals surface area contributed by atoms with Crippen molar-refractivity contribution in [3.8, 4) is 5.75 Å². The molecule has 1 aliphatic rings. The van der Waals surface area contributed by atoms with Crippen LogP contribution >= 0.6 is 0 Å². The molecule has 0 bridgehead atoms. The maximum atomic E-state index is 12.3. The molecule has 0 amide bonds. The summed E-state index contributed by atoms with van der Waals surface area (Å²) in [4.78, 5) is 14.3. The third-order valence-corrected chi connectivity index (χ3v) is 5.54. The van der Waals surface area contributed by atoms with E-state index in [1.54, 1.807) is 0 Å². The summed E-state index contributed by atoms with van der Waals surface area (Å²) in [5, 5.41) is 0. The van der Waals surface area contributed by atoms with Crippen LogP contribution in [-0.2, 0) is 4.74 Å². The van der Waals surface area contributed by atoms with Gasteiger partial charge in [-0.15, -0.1) is 0 Å². The summed E-state index contributed by atoms with van der Waals surface area (Å²) in [5.74, 6) is 1.16. The van der Waals surface area contributed by atoms with Crippen molar-refractivity contribution in [2.45, 2.75) is 65.0 Å². The number of anilines is 1. The zero-order valence-corrected chi connectivity index (χ0v) is 17.2. The molecule has 0 aliphatic heterocycles. The SMILES string of the molecule is CCN(c1cccc(C)c1)C(C)OC(=O)Oc1ccc(C2CCCCC2)cc1. The number of benzene rings is 2. The van der Waals surface area contributed by atoms with Crippen LogP contribution in [0.3, 0.4) is 0 Å². The molecule has 28 heavy (non-hydrogen) atoms. The van der Waals surface area contributed by atoms with Gasteiger partial charge in [0.1, 0.15) is 5.75 Å². The lowest BCUT2D eigenvalue weighted by molar-refractivity contribution is 0.0645. The largest absolute Gasteiger partial charge is 0.515 e. The molecular weight excluding hydrogens is 350 g/mol. The third kappa shape index (κ3) is 5.28. The first kappa shape index (κ1) is 20.2. The topological polar surface area (TPSA) is 38.8 Å². The van der Waals surface area contributed by atoms with Crippen molar-refractivity contribution in [1.29, 1.82) is 0 Å². The number of rotatable bonds is 6. The van der Waals surface area contributed by atoms with Crippen LogP contribution in [0.1, 0.15) is 63.0 Å². The van der Waals surface area contributed by atoms with Gasteiger partial charge in [-0.1, -0.05) is 43.5 Å². The van der Waals surface area contributed by atoms with Crippen molar-refractivity contribution >= 4 is 11.8 Å². The normalized spacial score (nSPS) is 15.7. The Morgan fingerprint density at radius 2 is 1.82 bits per heavy atom. The van der Waals surface area contributed by atoms with E-state index < -0.39 is 12.4 Å². The van der Waals surface area contributed by atoms with Gasteiger partial charge in [0.25, 0.3) is 0 Å². The Morgan fingerprint density at radius 3 is 2.46 bits per heavy atom. The minimum absolute atomic E-state index is 0.416. The van der Waals surface area contributed by atoms with Gasteiger partial charge >= 0.3 is 6.16 Å². The van der Waals surface area contributed by atoms with Crippen LogP contribution in [0, 0.1) is 6.92 Å². The second-order valence-corrected chi connectivity index (χ2v) is 7.60. The summed E-state index contributed by atoms with van der Waals surface area (Å²) in [6, 6.07) is 16.0. The number of aryl methyl sites for hydroxylation is 1. The van der Waals surface area contributed by atoms with E-state index in [2.05, 4.69) is 18.2 Å². The number of ether oxygens (including phenoxy) is 2. The predicted octanol–water partition coefficient (Wildman–Crippen LogP) is 6.43. The number of nitrogens with zero attached hydrogens (tertiary/aromatic N) is 1. The average molecular weight is 382 g/mol. The van der Waals surface area contributed by atoms with Gasteiger partial charge in [0, 0.05) is 12.2 Å². The molecule has 0 aromatic heterocycles. The second-order valence-electron chi connectivity index (χ2n) is 7.60. The maximum Gasteiger partial charge on any atom is 0.515 e. The van der Waals surface area contributed by atoms with Gasteiger partial charge in [-0.05, 0) is 74.9 Å². The van der Waals surface area contributed by atoms with Crippen LogP contribution in [0.25, 0.3) is 0 Å². The molecule has 1 fully saturated rings. The molecule has 1 unspecified atom stereocenters. The van der Waals surface area contributed by atoms with E-state index >= 15 is 0 Å². The van der Waals surface area contributed by atoms with Gasteiger partial charge in [0.05, 0.1) is 0 Å². The van der Waals surface area contributed by atoms with Crippen LogP contribution < -0.4 is 9.64 Å². The van der Waals surface area contributed by atoms with Crippen LogP contribution in [-0.4, -0.2) is 18.9 Å². The quantitative estimate of drug-likeness (QED) is 0.328. The van der Waals surface area contributed by atoms with Gasteiger partial charge in [0.2, 0.25) is 0 Å². The Kier molecular flexibility index (Phi) is 6.96. The Balaban J connectivity index is 1.56. The zero-order chi connectivity index (χ0) is 19.9. The molecule has 0 heterocycles. The van der Waals surface area contributed by atoms with Gasteiger partial charge < -0.3 is 14.4 Å². The first-order valence-electron chi connectivity index (χ1n) is 10.4. The number of carbonyl (C=O) groups excluding carboxylic acids is 1. The summed E-state index contributed by atoms with van der Waals surface area (Å²) in [5.41, 5.74) is 3.54. The van der Waals surface area contributed by atoms with Crippen molar-refractivity contribution in [1.82, 2.24) is 0 Å². The van der Waals surface area contributed by atoms with E-state index in [-0.39, 0.29) is 0 Å². The minimum Gasteiger partial charge on any atom is -0.410 e. The van der Waals surface area contributed by atoms with E-state index in [9.17, 15) is 4.79 Å². The fourth-order valence-electron chi connectivity index (χ4n) is 4.02. The first-order valence-corrected chi connectivity index (χ1v) is 10.4. The van der Waals surface area contributed by atoms with Crippen LogP contribution in [0.15, 0.2) is 48.5 Å². The lowest BCUT2D eigenvalue weighted by atomic mass is 9.84. The molecule has 2 aromatic carbocycles. The molecular formula is C24H31NO3. The van der Waals surface area contributed by atoms with Crippen molar-refractivity contribution in [3.05, 3.63) is 59.7 Å². The fourth-order valence-corrected chi connectivity index (χ4v) is 4.02. The molecule has 150 valence electrons. The highest BCUT2D eigenvalue weighted by Gasteiger charge is 2.19. The van der Waals surface area contributed by atoms with Crippen molar-refractivity contribution in [3.63, 3.8) is 0 Å². The first-order chi connectivity index (χ1) is 13.6. The average Bonchev–Trinajstić information content (AvgIpc) is 2.70. The van der Waals surface area contributed by atoms with Crippen molar-refractivity contribution < 1.29 is 14.3 Å². The molecule has 4 nitrogen and oxygen atoms in total. The molecule has 2 aromatic rings. The smallest absolute Gasteiger partial charge is 0.410 e. The van der Waals surface area contributed by atoms with Gasteiger partial charge in [-0.2, -0.15) is 0 Å². The Bertz CT molecular complexity index is 766. The molecule has 1 saturated carbocycles. The number of hydrogen-bond acceptors (Lipinski definition) is 4. The lowest BCUT2D eigenvalue weighted by Gasteiger charge is -2.29. The molecule has 4 heteroatoms. The Hall–Kier alpha value is -2.49. The van der Waals surface area contributed by atoms with Crippen LogP contribution in [0.5, 0.6) is 5.75 Å². The van der Waals surface area contributed by atoms with Gasteiger partial charge in [-0.25, -0.2) is 4.79 Å². The summed E-state index contributed by atoms with van der Waals surface area (Å²) in [7, 11) is 0. The van der Waals surface area contributed by atoms with E-state index in [0.717, 1.165) is 12.2 Å². The van der Waals surface area contributed by atoms with Crippen LogP contribution in [0.4, 0.5) is 10.5 Å². The summed E-state index contributed by atoms with van der Waals surface area (Å²) in [6.07, 6.45) is 5.38. The molecule has 0 N–H and O–H groups in total. The van der Waals surface area contributed by atoms with Crippen molar-refractivity contribution in [2.24, 2.45) is 0 Å². The minimum atomic E-state index is -0.677. The van der Waals surface area contributed by atoms with Crippen LogP contribution in [0.2, 0.25) is 0 Å². The monoisotopic (exact) mass is 381 g/mol. The summed E-state index contributed by atoms with van der Waals surface area (Å²) in [6.45, 7) is 6.68. The van der Waals surface area contributed by atoms with E-state index in [1.165, 1.54) is 43.2 Å². The van der Waals surface area contributed by atoms with E-state index in [4.69, 9.17) is 9.47 Å². The second kappa shape index (κ2) is 9.63. The van der Waals surface area contributed by atoms with E-state index in [0.29, 0.717) is 11.7 Å². The highest BCUT2D eigenvalue weighted by atomic mass is 16.7. The number of hydrogen-bond donors (Lipinski definition) is 0. The lowest BCUT2D eigenvalue weighted by Crippen LogP contribution is -2.37. The molecule has 3 rings (SSSR count). The number of carbonyl (C=O) groups is 1. The van der Waals surface area contributed by atoms with Crippen molar-refractivity contribution in [2.75, 3.05) is 11.4 Å². The van der Waals surface area contributed by atoms with E-state index in [1.807, 2.05) is 56.0 Å². The summed E-state index contributed by atoms with van der Waals surface area (Å²) < 4.78 is 10.9. The Morgan fingerprint density at radius 1 is 1.11 bits per heavy atom. The third-order valence-electron chi connectivity index (χ3n) is 5.54. The maximum absolute atomic E-state index is 12.3. The molecule has 1 atom stereocenters. The van der Waals surface area contributed by atoms with Gasteiger partial charge in [-0.3, -0.25) is 0 Å². The Labute approximate surface area is 168 Å². The zero-order valence-electron chi connectivity index (χ0n) is 17.2. The highest BCUT2D eigenvalue weighted by molar-refractivity contribution is 5.64. The fraction of sp³-hybridized carbons (Fsp3) is 0.458. The summed E-state index contributed by atoms with van der Waals surface area (Å²) >= 11 is 0. The highest BCUT2D eigenvalue weighted by Crippen LogP contribution is 2.33. The molecule has 0 spiro atoms. The predicted molar refractivity (Wildman–Crippen MR) is 113 cm³/mol. The molecule has 0 radical (unpaired) electrons. The molecule has 1 aliphatic carbocycles. The van der Waals surface area contributed by atoms with Gasteiger partial charge in [0.15, 0.2) is 6.23 Å².